The molecule has 0 saturated heterocycles. The third-order valence-corrected chi connectivity index (χ3v) is 8.98. The quantitative estimate of drug-likeness (QED) is 0.439. The standard InChI is InChI=1S/C25H29N3O5S2/c1-5-28(6-2)35(32,33)23-15-11-21(12-16-23)26-25(29)20-10-9-19(4)24(17-20)27-34(30,31)22-13-7-18(3)8-14-22/h7-17,27H,5-6H2,1-4H3,(H,26,29). The van der Waals surface area contributed by atoms with Crippen LogP contribution in [0.25, 0.3) is 0 Å². The van der Waals surface area contributed by atoms with E-state index in [4.69, 9.17) is 0 Å². The molecule has 10 heteroatoms. The van der Waals surface area contributed by atoms with Gasteiger partial charge in [-0.15, -0.1) is 0 Å². The Bertz CT molecular complexity index is 1410. The van der Waals surface area contributed by atoms with E-state index < -0.39 is 26.0 Å². The van der Waals surface area contributed by atoms with E-state index in [2.05, 4.69) is 10.0 Å². The van der Waals surface area contributed by atoms with Crippen molar-refractivity contribution in [3.8, 4) is 0 Å². The van der Waals surface area contributed by atoms with Gasteiger partial charge in [-0.3, -0.25) is 9.52 Å². The second-order valence-electron chi connectivity index (χ2n) is 8.02. The number of hydrogen-bond donors (Lipinski definition) is 2. The molecule has 0 unspecified atom stereocenters. The lowest BCUT2D eigenvalue weighted by atomic mass is 10.1. The first kappa shape index (κ1) is 26.4. The fourth-order valence-corrected chi connectivity index (χ4v) is 6.00. The summed E-state index contributed by atoms with van der Waals surface area (Å²) in [7, 11) is -7.42. The second-order valence-corrected chi connectivity index (χ2v) is 11.6. The van der Waals surface area contributed by atoms with Gasteiger partial charge in [0.05, 0.1) is 15.5 Å². The van der Waals surface area contributed by atoms with Crippen molar-refractivity contribution in [1.82, 2.24) is 4.31 Å². The Balaban J connectivity index is 1.78. The van der Waals surface area contributed by atoms with E-state index in [9.17, 15) is 21.6 Å². The van der Waals surface area contributed by atoms with Crippen molar-refractivity contribution < 1.29 is 21.6 Å². The van der Waals surface area contributed by atoms with Gasteiger partial charge in [0.1, 0.15) is 0 Å². The average molecular weight is 516 g/mol. The van der Waals surface area contributed by atoms with Gasteiger partial charge in [-0.25, -0.2) is 16.8 Å². The number of rotatable bonds is 9. The summed E-state index contributed by atoms with van der Waals surface area (Å²) in [5, 5.41) is 2.72. The normalized spacial score (nSPS) is 11.9. The fourth-order valence-electron chi connectivity index (χ4n) is 3.42. The number of carbonyl (C=O) groups is 1. The van der Waals surface area contributed by atoms with Gasteiger partial charge in [0.25, 0.3) is 15.9 Å². The third-order valence-electron chi connectivity index (χ3n) is 5.53. The van der Waals surface area contributed by atoms with E-state index in [1.807, 2.05) is 6.92 Å². The van der Waals surface area contributed by atoms with Gasteiger partial charge in [-0.2, -0.15) is 4.31 Å². The SMILES string of the molecule is CCN(CC)S(=O)(=O)c1ccc(NC(=O)c2ccc(C)c(NS(=O)(=O)c3ccc(C)cc3)c2)cc1. The average Bonchev–Trinajstić information content (AvgIpc) is 2.81. The van der Waals surface area contributed by atoms with Crippen molar-refractivity contribution >= 4 is 37.3 Å². The van der Waals surface area contributed by atoms with Crippen LogP contribution in [0.5, 0.6) is 0 Å². The molecule has 0 saturated carbocycles. The zero-order valence-electron chi connectivity index (χ0n) is 20.1. The highest BCUT2D eigenvalue weighted by Crippen LogP contribution is 2.23. The minimum Gasteiger partial charge on any atom is -0.322 e. The van der Waals surface area contributed by atoms with E-state index in [0.29, 0.717) is 30.0 Å². The number of nitrogens with zero attached hydrogens (tertiary/aromatic N) is 1. The van der Waals surface area contributed by atoms with Crippen molar-refractivity contribution in [2.24, 2.45) is 0 Å². The van der Waals surface area contributed by atoms with Gasteiger partial charge >= 0.3 is 0 Å². The molecule has 0 atom stereocenters. The molecule has 35 heavy (non-hydrogen) atoms. The van der Waals surface area contributed by atoms with Crippen LogP contribution in [0.4, 0.5) is 11.4 Å². The molecule has 0 heterocycles. The summed E-state index contributed by atoms with van der Waals surface area (Å²) in [6.45, 7) is 7.87. The molecule has 3 aromatic carbocycles. The van der Waals surface area contributed by atoms with Crippen molar-refractivity contribution in [2.75, 3.05) is 23.1 Å². The van der Waals surface area contributed by atoms with Crippen LogP contribution in [0.3, 0.4) is 0 Å². The number of sulfonamides is 2. The Morgan fingerprint density at radius 1 is 0.800 bits per heavy atom. The smallest absolute Gasteiger partial charge is 0.261 e. The predicted molar refractivity (Wildman–Crippen MR) is 138 cm³/mol. The molecular formula is C25H29N3O5S2. The van der Waals surface area contributed by atoms with E-state index in [1.165, 1.54) is 46.8 Å². The number of aryl methyl sites for hydroxylation is 2. The molecular weight excluding hydrogens is 486 g/mol. The number of carbonyl (C=O) groups excluding carboxylic acids is 1. The molecule has 0 spiro atoms. The van der Waals surface area contributed by atoms with E-state index in [0.717, 1.165) is 5.56 Å². The number of anilines is 2. The van der Waals surface area contributed by atoms with Crippen molar-refractivity contribution in [2.45, 2.75) is 37.5 Å². The number of nitrogens with one attached hydrogen (secondary N) is 2. The van der Waals surface area contributed by atoms with Gasteiger partial charge in [0.15, 0.2) is 0 Å². The molecule has 0 aromatic heterocycles. The van der Waals surface area contributed by atoms with E-state index in [-0.39, 0.29) is 15.4 Å². The zero-order valence-corrected chi connectivity index (χ0v) is 21.7. The molecule has 0 fully saturated rings. The van der Waals surface area contributed by atoms with Crippen LogP contribution < -0.4 is 10.0 Å². The van der Waals surface area contributed by atoms with Crippen molar-refractivity contribution in [3.63, 3.8) is 0 Å². The maximum Gasteiger partial charge on any atom is 0.261 e. The predicted octanol–water partition coefficient (Wildman–Crippen LogP) is 4.39. The van der Waals surface area contributed by atoms with Gasteiger partial charge in [-0.05, 0) is 67.9 Å². The lowest BCUT2D eigenvalue weighted by molar-refractivity contribution is 0.102. The van der Waals surface area contributed by atoms with Crippen molar-refractivity contribution in [3.05, 3.63) is 83.4 Å². The Hall–Kier alpha value is -3.21. The molecule has 0 aliphatic heterocycles. The van der Waals surface area contributed by atoms with Crippen LogP contribution >= 0.6 is 0 Å². The summed E-state index contributed by atoms with van der Waals surface area (Å²) in [6, 6.07) is 17.1. The largest absolute Gasteiger partial charge is 0.322 e. The van der Waals surface area contributed by atoms with Crippen LogP contribution in [-0.4, -0.2) is 40.1 Å². The highest BCUT2D eigenvalue weighted by Gasteiger charge is 2.21. The maximum atomic E-state index is 12.8. The summed E-state index contributed by atoms with van der Waals surface area (Å²) in [4.78, 5) is 13.1. The Kier molecular flexibility index (Phi) is 7.99. The number of amides is 1. The Morgan fingerprint density at radius 3 is 1.94 bits per heavy atom. The maximum absolute atomic E-state index is 12.8. The summed E-state index contributed by atoms with van der Waals surface area (Å²) >= 11 is 0. The van der Waals surface area contributed by atoms with Gasteiger partial charge in [0, 0.05) is 24.3 Å². The first-order valence-corrected chi connectivity index (χ1v) is 14.0. The molecule has 186 valence electrons. The molecule has 2 N–H and O–H groups in total. The van der Waals surface area contributed by atoms with Crippen LogP contribution in [0, 0.1) is 13.8 Å². The van der Waals surface area contributed by atoms with Crippen LogP contribution in [0.15, 0.2) is 76.5 Å². The van der Waals surface area contributed by atoms with Gasteiger partial charge < -0.3 is 5.32 Å². The molecule has 3 rings (SSSR count). The molecule has 1 amide bonds. The fraction of sp³-hybridized carbons (Fsp3) is 0.240. The molecule has 0 aliphatic carbocycles. The summed E-state index contributed by atoms with van der Waals surface area (Å²) in [6.07, 6.45) is 0. The Morgan fingerprint density at radius 2 is 1.37 bits per heavy atom. The summed E-state index contributed by atoms with van der Waals surface area (Å²) < 4.78 is 54.7. The lowest BCUT2D eigenvalue weighted by Crippen LogP contribution is -2.30. The second kappa shape index (κ2) is 10.6. The topological polar surface area (TPSA) is 113 Å². The lowest BCUT2D eigenvalue weighted by Gasteiger charge is -2.18. The number of benzene rings is 3. The van der Waals surface area contributed by atoms with E-state index >= 15 is 0 Å². The third kappa shape index (κ3) is 6.08. The highest BCUT2D eigenvalue weighted by atomic mass is 32.2. The molecule has 0 bridgehead atoms. The Labute approximate surface area is 207 Å². The minimum absolute atomic E-state index is 0.122. The van der Waals surface area contributed by atoms with Crippen LogP contribution in [0.1, 0.15) is 35.3 Å². The first-order valence-electron chi connectivity index (χ1n) is 11.1. The van der Waals surface area contributed by atoms with Crippen LogP contribution in [-0.2, 0) is 20.0 Å². The van der Waals surface area contributed by atoms with Gasteiger partial charge in [-0.1, -0.05) is 37.6 Å². The zero-order chi connectivity index (χ0) is 25.8. The van der Waals surface area contributed by atoms with Crippen LogP contribution in [0.2, 0.25) is 0 Å². The summed E-state index contributed by atoms with van der Waals surface area (Å²) in [5.74, 6) is -0.458. The molecule has 0 aliphatic rings. The molecule has 8 nitrogen and oxygen atoms in total. The summed E-state index contributed by atoms with van der Waals surface area (Å²) in [5.41, 5.74) is 2.55. The monoisotopic (exact) mass is 515 g/mol. The minimum atomic E-state index is -3.83. The first-order chi connectivity index (χ1) is 16.5. The molecule has 3 aromatic rings. The molecule has 0 radical (unpaired) electrons. The van der Waals surface area contributed by atoms with Crippen molar-refractivity contribution in [1.29, 1.82) is 0 Å². The highest BCUT2D eigenvalue weighted by molar-refractivity contribution is 7.92. The van der Waals surface area contributed by atoms with E-state index in [1.54, 1.807) is 45.0 Å². The number of hydrogen-bond acceptors (Lipinski definition) is 5. The van der Waals surface area contributed by atoms with Gasteiger partial charge in [0.2, 0.25) is 10.0 Å².